The highest BCUT2D eigenvalue weighted by Gasteiger charge is 2.25. The molecule has 1 saturated heterocycles. The van der Waals surface area contributed by atoms with Crippen LogP contribution in [0.1, 0.15) is 36.8 Å². The fourth-order valence-electron chi connectivity index (χ4n) is 2.45. The van der Waals surface area contributed by atoms with Crippen LogP contribution in [0.3, 0.4) is 0 Å². The summed E-state index contributed by atoms with van der Waals surface area (Å²) < 4.78 is 5.96. The molecule has 1 aliphatic rings. The third-order valence-corrected chi connectivity index (χ3v) is 7.16. The Hall–Kier alpha value is -1.34. The Morgan fingerprint density at radius 3 is 2.48 bits per heavy atom. The molecule has 0 spiro atoms. The van der Waals surface area contributed by atoms with Gasteiger partial charge in [-0.2, -0.15) is 0 Å². The first-order valence-electron chi connectivity index (χ1n) is 8.49. The number of carbonyl (C=O) groups is 2. The molecule has 0 bridgehead atoms. The summed E-state index contributed by atoms with van der Waals surface area (Å²) in [5, 5.41) is 11.7. The van der Waals surface area contributed by atoms with E-state index in [4.69, 9.17) is 4.74 Å². The minimum Gasteiger partial charge on any atom is -0.484 e. The molecule has 1 fully saturated rings. The molecule has 1 heterocycles. The van der Waals surface area contributed by atoms with Crippen LogP contribution < -0.4 is 10.1 Å². The minimum atomic E-state index is -1.02. The highest BCUT2D eigenvalue weighted by atomic mass is 32.2. The monoisotopic (exact) mass is 383 g/mol. The maximum atomic E-state index is 12.0. The average Bonchev–Trinajstić information content (AvgIpc) is 2.64. The summed E-state index contributed by atoms with van der Waals surface area (Å²) in [5.74, 6) is 1.42. The number of carboxylic acid groups (broad SMARTS) is 1. The number of carboxylic acids is 1. The molecule has 138 valence electrons. The molecule has 2 atom stereocenters. The molecule has 1 aromatic carbocycles. The molecule has 7 heteroatoms. The van der Waals surface area contributed by atoms with Crippen LogP contribution in [0.2, 0.25) is 0 Å². The molecule has 2 N–H and O–H groups in total. The lowest BCUT2D eigenvalue weighted by molar-refractivity contribution is -0.143. The van der Waals surface area contributed by atoms with Crippen molar-refractivity contribution in [1.29, 1.82) is 0 Å². The van der Waals surface area contributed by atoms with Gasteiger partial charge in [0, 0.05) is 0 Å². The van der Waals surface area contributed by atoms with E-state index in [1.54, 1.807) is 6.92 Å². The Balaban J connectivity index is 1.83. The van der Waals surface area contributed by atoms with Gasteiger partial charge in [0.15, 0.2) is 6.61 Å². The minimum absolute atomic E-state index is 0.133. The van der Waals surface area contributed by atoms with Crippen molar-refractivity contribution in [3.05, 3.63) is 29.8 Å². The van der Waals surface area contributed by atoms with E-state index in [9.17, 15) is 14.7 Å². The Labute approximate surface area is 157 Å². The van der Waals surface area contributed by atoms with Crippen molar-refractivity contribution in [3.8, 4) is 5.75 Å². The van der Waals surface area contributed by atoms with Gasteiger partial charge in [-0.15, -0.1) is 23.5 Å². The molecule has 2 rings (SSSR count). The van der Waals surface area contributed by atoms with Crippen LogP contribution >= 0.6 is 23.5 Å². The third-order valence-electron chi connectivity index (χ3n) is 4.14. The SMILES string of the molecule is CCC(C)C(NC(=O)COc1ccc(C2SCCCS2)cc1)C(=O)O. The molecule has 1 aromatic rings. The number of carbonyl (C=O) groups excluding carboxylic acids is 1. The summed E-state index contributed by atoms with van der Waals surface area (Å²) in [4.78, 5) is 23.2. The molecule has 0 aromatic heterocycles. The summed E-state index contributed by atoms with van der Waals surface area (Å²) in [6, 6.07) is 6.90. The number of hydrogen-bond acceptors (Lipinski definition) is 5. The van der Waals surface area contributed by atoms with Gasteiger partial charge in [-0.05, 0) is 41.5 Å². The fourth-order valence-corrected chi connectivity index (χ4v) is 5.34. The highest BCUT2D eigenvalue weighted by molar-refractivity contribution is 8.16. The van der Waals surface area contributed by atoms with Crippen molar-refractivity contribution in [1.82, 2.24) is 5.32 Å². The molecule has 0 radical (unpaired) electrons. The second-order valence-electron chi connectivity index (χ2n) is 6.05. The molecule has 0 aliphatic carbocycles. The van der Waals surface area contributed by atoms with Gasteiger partial charge >= 0.3 is 5.97 Å². The van der Waals surface area contributed by atoms with Crippen LogP contribution in [-0.2, 0) is 9.59 Å². The Kier molecular flexibility index (Phi) is 7.96. The zero-order chi connectivity index (χ0) is 18.2. The first-order valence-corrected chi connectivity index (χ1v) is 10.6. The van der Waals surface area contributed by atoms with Crippen LogP contribution in [0.4, 0.5) is 0 Å². The number of amides is 1. The van der Waals surface area contributed by atoms with Gasteiger partial charge in [0.25, 0.3) is 5.91 Å². The van der Waals surface area contributed by atoms with E-state index in [0.717, 1.165) is 0 Å². The summed E-state index contributed by atoms with van der Waals surface area (Å²) in [6.45, 7) is 3.51. The van der Waals surface area contributed by atoms with Crippen LogP contribution in [-0.4, -0.2) is 41.1 Å². The predicted molar refractivity (Wildman–Crippen MR) is 103 cm³/mol. The summed E-state index contributed by atoms with van der Waals surface area (Å²) >= 11 is 3.91. The topological polar surface area (TPSA) is 75.6 Å². The zero-order valence-corrected chi connectivity index (χ0v) is 16.2. The molecule has 25 heavy (non-hydrogen) atoms. The molecule has 2 unspecified atom stereocenters. The first kappa shape index (κ1) is 20.0. The summed E-state index contributed by atoms with van der Waals surface area (Å²) in [6.07, 6.45) is 1.94. The third kappa shape index (κ3) is 6.15. The maximum absolute atomic E-state index is 12.0. The van der Waals surface area contributed by atoms with Crippen molar-refractivity contribution >= 4 is 35.4 Å². The van der Waals surface area contributed by atoms with E-state index in [-0.39, 0.29) is 12.5 Å². The quantitative estimate of drug-likeness (QED) is 0.715. The smallest absolute Gasteiger partial charge is 0.326 e. The molecule has 0 saturated carbocycles. The van der Waals surface area contributed by atoms with Gasteiger partial charge in [0.1, 0.15) is 11.8 Å². The highest BCUT2D eigenvalue weighted by Crippen LogP contribution is 2.43. The van der Waals surface area contributed by atoms with Crippen LogP contribution in [0.15, 0.2) is 24.3 Å². The van der Waals surface area contributed by atoms with Gasteiger partial charge < -0.3 is 15.2 Å². The second kappa shape index (κ2) is 9.97. The van der Waals surface area contributed by atoms with Gasteiger partial charge in [-0.3, -0.25) is 4.79 Å². The van der Waals surface area contributed by atoms with Crippen molar-refractivity contribution in [2.45, 2.75) is 37.3 Å². The number of thioether (sulfide) groups is 2. The van der Waals surface area contributed by atoms with Gasteiger partial charge in [-0.25, -0.2) is 4.79 Å². The van der Waals surface area contributed by atoms with Crippen molar-refractivity contribution in [2.75, 3.05) is 18.1 Å². The normalized spacial score (nSPS) is 17.5. The number of benzene rings is 1. The van der Waals surface area contributed by atoms with Crippen molar-refractivity contribution in [3.63, 3.8) is 0 Å². The van der Waals surface area contributed by atoms with E-state index in [0.29, 0.717) is 16.8 Å². The largest absolute Gasteiger partial charge is 0.484 e. The van der Waals surface area contributed by atoms with Gasteiger partial charge in [0.05, 0.1) is 4.58 Å². The fraction of sp³-hybridized carbons (Fsp3) is 0.556. The van der Waals surface area contributed by atoms with E-state index in [2.05, 4.69) is 5.32 Å². The second-order valence-corrected chi connectivity index (χ2v) is 8.78. The maximum Gasteiger partial charge on any atom is 0.326 e. The number of hydrogen-bond donors (Lipinski definition) is 2. The molecule has 5 nitrogen and oxygen atoms in total. The lowest BCUT2D eigenvalue weighted by Gasteiger charge is -2.21. The lowest BCUT2D eigenvalue weighted by atomic mass is 9.99. The summed E-state index contributed by atoms with van der Waals surface area (Å²) in [7, 11) is 0. The molecular formula is C18H25NO4S2. The van der Waals surface area contributed by atoms with Crippen LogP contribution in [0.5, 0.6) is 5.75 Å². The summed E-state index contributed by atoms with van der Waals surface area (Å²) in [5.41, 5.74) is 1.26. The number of nitrogens with one attached hydrogen (secondary N) is 1. The van der Waals surface area contributed by atoms with Crippen molar-refractivity contribution < 1.29 is 19.4 Å². The van der Waals surface area contributed by atoms with E-state index < -0.39 is 17.9 Å². The van der Waals surface area contributed by atoms with E-state index in [1.807, 2.05) is 54.7 Å². The standard InChI is InChI=1S/C18H25NO4S2/c1-3-12(2)16(17(21)22)19-15(20)11-23-14-7-5-13(6-8-14)18-24-9-4-10-25-18/h5-8,12,16,18H,3-4,9-11H2,1-2H3,(H,19,20)(H,21,22). The number of rotatable bonds is 8. The van der Waals surface area contributed by atoms with Crippen LogP contribution in [0.25, 0.3) is 0 Å². The Bertz CT molecular complexity index is 573. The zero-order valence-electron chi connectivity index (χ0n) is 14.6. The first-order chi connectivity index (χ1) is 12.0. The number of aliphatic carboxylic acids is 1. The number of ether oxygens (including phenoxy) is 1. The predicted octanol–water partition coefficient (Wildman–Crippen LogP) is 3.55. The van der Waals surface area contributed by atoms with Crippen LogP contribution in [0, 0.1) is 5.92 Å². The van der Waals surface area contributed by atoms with E-state index >= 15 is 0 Å². The van der Waals surface area contributed by atoms with Crippen molar-refractivity contribution in [2.24, 2.45) is 5.92 Å². The van der Waals surface area contributed by atoms with Gasteiger partial charge in [0.2, 0.25) is 0 Å². The lowest BCUT2D eigenvalue weighted by Crippen LogP contribution is -2.46. The van der Waals surface area contributed by atoms with Gasteiger partial charge in [-0.1, -0.05) is 32.4 Å². The Morgan fingerprint density at radius 1 is 1.28 bits per heavy atom. The Morgan fingerprint density at radius 2 is 1.92 bits per heavy atom. The molecular weight excluding hydrogens is 358 g/mol. The average molecular weight is 384 g/mol. The van der Waals surface area contributed by atoms with E-state index in [1.165, 1.54) is 23.5 Å². The molecule has 1 amide bonds. The molecule has 1 aliphatic heterocycles.